The van der Waals surface area contributed by atoms with E-state index in [1.807, 2.05) is 13.8 Å². The first-order valence-corrected chi connectivity index (χ1v) is 5.45. The molecule has 1 aliphatic rings. The number of nitrogens with one attached hydrogen (secondary N) is 2. The van der Waals surface area contributed by atoms with Gasteiger partial charge in [-0.2, -0.15) is 12.6 Å². The van der Waals surface area contributed by atoms with Crippen molar-refractivity contribution in [1.29, 1.82) is 0 Å². The fourth-order valence-corrected chi connectivity index (χ4v) is 1.67. The molecule has 1 rings (SSSR count). The molecule has 0 saturated carbocycles. The third kappa shape index (κ3) is 2.20. The van der Waals surface area contributed by atoms with Crippen molar-refractivity contribution >= 4 is 24.4 Å². The van der Waals surface area contributed by atoms with Gasteiger partial charge in [-0.25, -0.2) is 0 Å². The van der Waals surface area contributed by atoms with Crippen LogP contribution in [0.3, 0.4) is 0 Å². The van der Waals surface area contributed by atoms with Gasteiger partial charge in [0.25, 0.3) is 0 Å². The molecule has 3 atom stereocenters. The topological polar surface area (TPSA) is 58.2 Å². The largest absolute Gasteiger partial charge is 0.342 e. The summed E-state index contributed by atoms with van der Waals surface area (Å²) < 4.78 is 0. The monoisotopic (exact) mass is 216 g/mol. The van der Waals surface area contributed by atoms with Crippen LogP contribution >= 0.6 is 12.6 Å². The summed E-state index contributed by atoms with van der Waals surface area (Å²) in [6, 6.07) is -0.866. The second kappa shape index (κ2) is 4.68. The summed E-state index contributed by atoms with van der Waals surface area (Å²) in [6.07, 6.45) is 0.865. The number of carbonyl (C=O) groups is 2. The quantitative estimate of drug-likeness (QED) is 0.579. The highest BCUT2D eigenvalue weighted by Gasteiger charge is 2.35. The van der Waals surface area contributed by atoms with Crippen LogP contribution in [0.25, 0.3) is 0 Å². The zero-order valence-corrected chi connectivity index (χ0v) is 9.30. The van der Waals surface area contributed by atoms with Gasteiger partial charge in [0.15, 0.2) is 0 Å². The molecule has 0 aromatic heterocycles. The molecule has 0 aromatic rings. The Balaban J connectivity index is 2.66. The molecule has 2 amide bonds. The van der Waals surface area contributed by atoms with Crippen molar-refractivity contribution < 1.29 is 9.59 Å². The van der Waals surface area contributed by atoms with Gasteiger partial charge in [0.1, 0.15) is 12.1 Å². The van der Waals surface area contributed by atoms with E-state index in [0.29, 0.717) is 5.75 Å². The molecule has 0 aromatic carbocycles. The van der Waals surface area contributed by atoms with Gasteiger partial charge in [0.2, 0.25) is 11.8 Å². The number of hydrogen-bond donors (Lipinski definition) is 3. The van der Waals surface area contributed by atoms with Crippen molar-refractivity contribution in [3.05, 3.63) is 0 Å². The minimum Gasteiger partial charge on any atom is -0.342 e. The van der Waals surface area contributed by atoms with Crippen LogP contribution in [-0.2, 0) is 9.59 Å². The van der Waals surface area contributed by atoms with Gasteiger partial charge < -0.3 is 10.6 Å². The molecular formula is C9H16N2O2S. The van der Waals surface area contributed by atoms with Gasteiger partial charge >= 0.3 is 0 Å². The lowest BCUT2D eigenvalue weighted by molar-refractivity contribution is -0.137. The first-order valence-electron chi connectivity index (χ1n) is 4.81. The van der Waals surface area contributed by atoms with Gasteiger partial charge in [-0.3, -0.25) is 9.59 Å². The summed E-state index contributed by atoms with van der Waals surface area (Å²) in [5.41, 5.74) is 0. The van der Waals surface area contributed by atoms with Crippen LogP contribution in [0, 0.1) is 5.92 Å². The van der Waals surface area contributed by atoms with Crippen molar-refractivity contribution in [3.8, 4) is 0 Å². The number of piperazine rings is 1. The number of rotatable bonds is 3. The highest BCUT2D eigenvalue weighted by atomic mass is 32.1. The molecule has 5 heteroatoms. The molecular weight excluding hydrogens is 200 g/mol. The zero-order chi connectivity index (χ0) is 10.7. The molecule has 14 heavy (non-hydrogen) atoms. The number of thiol groups is 1. The SMILES string of the molecule is CC[C@H](C)[C@@H]1NC(=O)[C@H](CS)NC1=O. The van der Waals surface area contributed by atoms with Crippen molar-refractivity contribution in [3.63, 3.8) is 0 Å². The Labute approximate surface area is 89.2 Å². The average molecular weight is 216 g/mol. The van der Waals surface area contributed by atoms with Crippen LogP contribution in [0.4, 0.5) is 0 Å². The molecule has 2 N–H and O–H groups in total. The highest BCUT2D eigenvalue weighted by Crippen LogP contribution is 2.11. The maximum atomic E-state index is 11.5. The molecule has 80 valence electrons. The summed E-state index contributed by atoms with van der Waals surface area (Å²) in [5.74, 6) is 0.271. The van der Waals surface area contributed by atoms with Crippen LogP contribution in [0.2, 0.25) is 0 Å². The maximum absolute atomic E-state index is 11.5. The van der Waals surface area contributed by atoms with E-state index in [1.54, 1.807) is 0 Å². The van der Waals surface area contributed by atoms with Crippen molar-refractivity contribution in [1.82, 2.24) is 10.6 Å². The standard InChI is InChI=1S/C9H16N2O2S/c1-3-5(2)7-9(13)10-6(4-14)8(12)11-7/h5-7,14H,3-4H2,1-2H3,(H,10,13)(H,11,12)/t5-,6-,7-/m0/s1. The van der Waals surface area contributed by atoms with Gasteiger partial charge in [0.05, 0.1) is 0 Å². The highest BCUT2D eigenvalue weighted by molar-refractivity contribution is 7.80. The Morgan fingerprint density at radius 1 is 1.36 bits per heavy atom. The van der Waals surface area contributed by atoms with E-state index in [4.69, 9.17) is 0 Å². The molecule has 1 aliphatic heterocycles. The lowest BCUT2D eigenvalue weighted by Gasteiger charge is -2.31. The van der Waals surface area contributed by atoms with Crippen LogP contribution in [0.5, 0.6) is 0 Å². The Morgan fingerprint density at radius 2 is 2.00 bits per heavy atom. The first kappa shape index (κ1) is 11.4. The van der Waals surface area contributed by atoms with E-state index < -0.39 is 6.04 Å². The summed E-state index contributed by atoms with van der Waals surface area (Å²) >= 11 is 3.99. The fourth-order valence-electron chi connectivity index (χ4n) is 1.41. The average Bonchev–Trinajstić information content (AvgIpc) is 2.19. The van der Waals surface area contributed by atoms with Crippen LogP contribution in [0.1, 0.15) is 20.3 Å². The Bertz CT molecular complexity index is 245. The molecule has 0 spiro atoms. The smallest absolute Gasteiger partial charge is 0.244 e. The van der Waals surface area contributed by atoms with Crippen molar-refractivity contribution in [2.45, 2.75) is 32.4 Å². The lowest BCUT2D eigenvalue weighted by atomic mass is 9.96. The minimum atomic E-state index is -0.480. The Kier molecular flexibility index (Phi) is 3.80. The van der Waals surface area contributed by atoms with Gasteiger partial charge in [-0.05, 0) is 5.92 Å². The van der Waals surface area contributed by atoms with Crippen molar-refractivity contribution in [2.24, 2.45) is 5.92 Å². The molecule has 0 bridgehead atoms. The Hall–Kier alpha value is -0.710. The minimum absolute atomic E-state index is 0.0991. The number of amides is 2. The van der Waals surface area contributed by atoms with Crippen LogP contribution in [-0.4, -0.2) is 29.7 Å². The van der Waals surface area contributed by atoms with Gasteiger partial charge in [0, 0.05) is 5.75 Å². The molecule has 1 saturated heterocycles. The second-order valence-corrected chi connectivity index (χ2v) is 3.98. The zero-order valence-electron chi connectivity index (χ0n) is 8.41. The lowest BCUT2D eigenvalue weighted by Crippen LogP contribution is -2.64. The Morgan fingerprint density at radius 3 is 2.50 bits per heavy atom. The normalized spacial score (nSPS) is 29.4. The molecule has 0 unspecified atom stereocenters. The summed E-state index contributed by atoms with van der Waals surface area (Å²) in [6.45, 7) is 3.94. The summed E-state index contributed by atoms with van der Waals surface area (Å²) in [5, 5.41) is 5.37. The number of hydrogen-bond acceptors (Lipinski definition) is 3. The van der Waals surface area contributed by atoms with Gasteiger partial charge in [-0.1, -0.05) is 20.3 Å². The van der Waals surface area contributed by atoms with Gasteiger partial charge in [-0.15, -0.1) is 0 Å². The van der Waals surface area contributed by atoms with Crippen LogP contribution in [0.15, 0.2) is 0 Å². The van der Waals surface area contributed by atoms with E-state index in [1.165, 1.54) is 0 Å². The molecule has 4 nitrogen and oxygen atoms in total. The predicted octanol–water partition coefficient (Wildman–Crippen LogP) is -0.0545. The van der Waals surface area contributed by atoms with E-state index in [-0.39, 0.29) is 23.8 Å². The molecule has 1 fully saturated rings. The third-order valence-corrected chi connectivity index (χ3v) is 2.97. The molecule has 0 radical (unpaired) electrons. The van der Waals surface area contributed by atoms with E-state index in [2.05, 4.69) is 23.3 Å². The molecule has 0 aliphatic carbocycles. The summed E-state index contributed by atoms with van der Waals surface area (Å²) in [7, 11) is 0. The van der Waals surface area contributed by atoms with E-state index in [9.17, 15) is 9.59 Å². The van der Waals surface area contributed by atoms with E-state index >= 15 is 0 Å². The van der Waals surface area contributed by atoms with E-state index in [0.717, 1.165) is 6.42 Å². The maximum Gasteiger partial charge on any atom is 0.244 e. The second-order valence-electron chi connectivity index (χ2n) is 3.62. The third-order valence-electron chi connectivity index (χ3n) is 2.61. The first-order chi connectivity index (χ1) is 6.60. The fraction of sp³-hybridized carbons (Fsp3) is 0.778. The summed E-state index contributed by atoms with van der Waals surface area (Å²) in [4.78, 5) is 23.0. The number of carbonyl (C=O) groups excluding carboxylic acids is 2. The predicted molar refractivity (Wildman–Crippen MR) is 57.2 cm³/mol. The van der Waals surface area contributed by atoms with Crippen molar-refractivity contribution in [2.75, 3.05) is 5.75 Å². The van der Waals surface area contributed by atoms with Crippen LogP contribution < -0.4 is 10.6 Å². The molecule has 1 heterocycles.